The lowest BCUT2D eigenvalue weighted by atomic mass is 9.74. The normalized spacial score (nSPS) is 13.7. The van der Waals surface area contributed by atoms with Gasteiger partial charge in [-0.1, -0.05) is 12.1 Å². The van der Waals surface area contributed by atoms with E-state index in [0.717, 1.165) is 12.1 Å². The molecule has 0 radical (unpaired) electrons. The minimum atomic E-state index is -4.60. The van der Waals surface area contributed by atoms with Crippen molar-refractivity contribution in [3.63, 3.8) is 0 Å². The zero-order valence-electron chi connectivity index (χ0n) is 15.7. The van der Waals surface area contributed by atoms with E-state index in [1.54, 1.807) is 27.7 Å². The summed E-state index contributed by atoms with van der Waals surface area (Å²) < 4.78 is 49.0. The molecule has 1 rings (SSSR count). The van der Waals surface area contributed by atoms with Crippen molar-refractivity contribution >= 4 is 11.9 Å². The summed E-state index contributed by atoms with van der Waals surface area (Å²) in [6.07, 6.45) is -5.80. The van der Waals surface area contributed by atoms with Crippen LogP contribution >= 0.6 is 0 Å². The lowest BCUT2D eigenvalue weighted by molar-refractivity contribution is -0.156. The minimum Gasteiger partial charge on any atom is -0.480 e. The lowest BCUT2D eigenvalue weighted by Gasteiger charge is -2.40. The number of esters is 1. The second-order valence-corrected chi connectivity index (χ2v) is 6.98. The van der Waals surface area contributed by atoms with Crippen molar-refractivity contribution in [3.05, 3.63) is 29.8 Å². The van der Waals surface area contributed by atoms with Crippen LogP contribution in [-0.4, -0.2) is 30.6 Å². The van der Waals surface area contributed by atoms with E-state index in [2.05, 4.69) is 5.32 Å². The van der Waals surface area contributed by atoms with Crippen LogP contribution in [-0.2, 0) is 20.5 Å². The highest BCUT2D eigenvalue weighted by Gasteiger charge is 2.46. The van der Waals surface area contributed by atoms with Crippen LogP contribution in [0.15, 0.2) is 24.3 Å². The molecule has 1 unspecified atom stereocenters. The molecule has 0 aromatic heterocycles. The van der Waals surface area contributed by atoms with Gasteiger partial charge in [-0.05, 0) is 46.8 Å². The Labute approximate surface area is 150 Å². The topological polar surface area (TPSA) is 64.6 Å². The van der Waals surface area contributed by atoms with Gasteiger partial charge < -0.3 is 14.8 Å². The number of ether oxygens (including phenoxy) is 2. The van der Waals surface area contributed by atoms with Crippen molar-refractivity contribution in [2.45, 2.75) is 52.4 Å². The fraction of sp³-hybridized carbons (Fsp3) is 0.556. The zero-order chi connectivity index (χ0) is 20.3. The van der Waals surface area contributed by atoms with Crippen LogP contribution in [0.25, 0.3) is 0 Å². The number of alkyl halides is 3. The molecule has 26 heavy (non-hydrogen) atoms. The monoisotopic (exact) mass is 375 g/mol. The minimum absolute atomic E-state index is 0.437. The van der Waals surface area contributed by atoms with Crippen LogP contribution < -0.4 is 10.1 Å². The number of halogens is 3. The van der Waals surface area contributed by atoms with Gasteiger partial charge in [0.2, 0.25) is 0 Å². The van der Waals surface area contributed by atoms with E-state index < -0.39 is 46.4 Å². The van der Waals surface area contributed by atoms with E-state index in [0.29, 0.717) is 0 Å². The second kappa shape index (κ2) is 7.55. The molecular weight excluding hydrogens is 351 g/mol. The van der Waals surface area contributed by atoms with Gasteiger partial charge in [0.05, 0.1) is 23.6 Å². The Kier molecular flexibility index (Phi) is 6.33. The molecular formula is C18H24F3NO4. The average Bonchev–Trinajstić information content (AvgIpc) is 2.52. The molecule has 0 bridgehead atoms. The first-order valence-corrected chi connectivity index (χ1v) is 7.97. The summed E-state index contributed by atoms with van der Waals surface area (Å²) in [4.78, 5) is 24.4. The SMILES string of the molecule is COC(=O)C(C)(C)C(C)(C)NC(=O)C(C)Oc1ccccc1C(F)(F)F. The first-order chi connectivity index (χ1) is 11.7. The Bertz CT molecular complexity index is 669. The van der Waals surface area contributed by atoms with Gasteiger partial charge in [-0.2, -0.15) is 13.2 Å². The average molecular weight is 375 g/mol. The molecule has 1 aromatic rings. The van der Waals surface area contributed by atoms with E-state index in [1.165, 1.54) is 26.2 Å². The Morgan fingerprint density at radius 2 is 1.62 bits per heavy atom. The molecule has 1 aromatic carbocycles. The number of carbonyl (C=O) groups is 2. The fourth-order valence-corrected chi connectivity index (χ4v) is 2.12. The number of amides is 1. The predicted molar refractivity (Wildman–Crippen MR) is 89.6 cm³/mol. The number of rotatable bonds is 6. The van der Waals surface area contributed by atoms with Crippen LogP contribution in [0.1, 0.15) is 40.2 Å². The maximum absolute atomic E-state index is 13.0. The van der Waals surface area contributed by atoms with Gasteiger partial charge in [-0.15, -0.1) is 0 Å². The number of benzene rings is 1. The maximum atomic E-state index is 13.0. The van der Waals surface area contributed by atoms with Gasteiger partial charge in [0.1, 0.15) is 5.75 Å². The van der Waals surface area contributed by atoms with Gasteiger partial charge in [0, 0.05) is 0 Å². The zero-order valence-corrected chi connectivity index (χ0v) is 15.7. The molecule has 5 nitrogen and oxygen atoms in total. The summed E-state index contributed by atoms with van der Waals surface area (Å²) in [5, 5.41) is 2.64. The van der Waals surface area contributed by atoms with Crippen LogP contribution in [0.5, 0.6) is 5.75 Å². The van der Waals surface area contributed by atoms with Crippen LogP contribution in [0, 0.1) is 5.41 Å². The van der Waals surface area contributed by atoms with Gasteiger partial charge in [-0.25, -0.2) is 0 Å². The van der Waals surface area contributed by atoms with Gasteiger partial charge in [0.15, 0.2) is 6.10 Å². The van der Waals surface area contributed by atoms with Crippen molar-refractivity contribution in [2.75, 3.05) is 7.11 Å². The number of carbonyl (C=O) groups excluding carboxylic acids is 2. The Morgan fingerprint density at radius 1 is 1.08 bits per heavy atom. The quantitative estimate of drug-likeness (QED) is 0.772. The highest BCUT2D eigenvalue weighted by molar-refractivity contribution is 5.84. The van der Waals surface area contributed by atoms with E-state index in [-0.39, 0.29) is 0 Å². The van der Waals surface area contributed by atoms with E-state index in [1.807, 2.05) is 0 Å². The van der Waals surface area contributed by atoms with Gasteiger partial charge >= 0.3 is 12.1 Å². The van der Waals surface area contributed by atoms with Crippen molar-refractivity contribution in [3.8, 4) is 5.75 Å². The third-order valence-corrected chi connectivity index (χ3v) is 4.56. The third-order valence-electron chi connectivity index (χ3n) is 4.56. The first kappa shape index (κ1) is 21.8. The van der Waals surface area contributed by atoms with E-state index >= 15 is 0 Å². The second-order valence-electron chi connectivity index (χ2n) is 6.98. The highest BCUT2D eigenvalue weighted by atomic mass is 19.4. The Balaban J connectivity index is 2.95. The number of para-hydroxylation sites is 1. The molecule has 1 atom stereocenters. The molecule has 0 aliphatic carbocycles. The molecule has 0 spiro atoms. The summed E-state index contributed by atoms with van der Waals surface area (Å²) in [5.41, 5.74) is -3.06. The molecule has 0 heterocycles. The summed E-state index contributed by atoms with van der Waals surface area (Å²) in [5.74, 6) is -1.62. The number of hydrogen-bond donors (Lipinski definition) is 1. The molecule has 1 amide bonds. The van der Waals surface area contributed by atoms with E-state index in [9.17, 15) is 22.8 Å². The number of nitrogens with one attached hydrogen (secondary N) is 1. The molecule has 8 heteroatoms. The van der Waals surface area contributed by atoms with Crippen LogP contribution in [0.2, 0.25) is 0 Å². The highest BCUT2D eigenvalue weighted by Crippen LogP contribution is 2.36. The van der Waals surface area contributed by atoms with Crippen molar-refractivity contribution < 1.29 is 32.2 Å². The molecule has 0 saturated carbocycles. The smallest absolute Gasteiger partial charge is 0.419 e. The van der Waals surface area contributed by atoms with Crippen molar-refractivity contribution in [1.82, 2.24) is 5.32 Å². The van der Waals surface area contributed by atoms with Gasteiger partial charge in [0.25, 0.3) is 5.91 Å². The van der Waals surface area contributed by atoms with Crippen molar-refractivity contribution in [2.24, 2.45) is 5.41 Å². The lowest BCUT2D eigenvalue weighted by Crippen LogP contribution is -2.59. The molecule has 0 fully saturated rings. The van der Waals surface area contributed by atoms with Gasteiger partial charge in [-0.3, -0.25) is 9.59 Å². The van der Waals surface area contributed by atoms with Crippen LogP contribution in [0.4, 0.5) is 13.2 Å². The van der Waals surface area contributed by atoms with E-state index in [4.69, 9.17) is 9.47 Å². The summed E-state index contributed by atoms with van der Waals surface area (Å²) in [6, 6.07) is 4.66. The van der Waals surface area contributed by atoms with Crippen LogP contribution in [0.3, 0.4) is 0 Å². The summed E-state index contributed by atoms with van der Waals surface area (Å²) in [6.45, 7) is 7.79. The standard InChI is InChI=1S/C18H24F3NO4/c1-11(26-13-10-8-7-9-12(13)18(19,20)21)14(23)22-17(4,5)16(2,3)15(24)25-6/h7-11H,1-6H3,(H,22,23). The molecule has 1 N–H and O–H groups in total. The number of methoxy groups -OCH3 is 1. The first-order valence-electron chi connectivity index (χ1n) is 7.97. The predicted octanol–water partition coefficient (Wildman–Crippen LogP) is 3.57. The molecule has 146 valence electrons. The Hall–Kier alpha value is -2.25. The largest absolute Gasteiger partial charge is 0.480 e. The summed E-state index contributed by atoms with van der Waals surface area (Å²) >= 11 is 0. The maximum Gasteiger partial charge on any atom is 0.419 e. The van der Waals surface area contributed by atoms with Crippen molar-refractivity contribution in [1.29, 1.82) is 0 Å². The Morgan fingerprint density at radius 3 is 2.12 bits per heavy atom. The molecule has 0 aliphatic heterocycles. The summed E-state index contributed by atoms with van der Waals surface area (Å²) in [7, 11) is 1.24. The fourth-order valence-electron chi connectivity index (χ4n) is 2.12. The molecule has 0 saturated heterocycles. The third kappa shape index (κ3) is 4.68. The number of hydrogen-bond acceptors (Lipinski definition) is 4. The molecule has 0 aliphatic rings.